The lowest BCUT2D eigenvalue weighted by atomic mass is 10.1. The molecule has 0 spiro atoms. The standard InChI is InChI=1S/C8H6FNO4/c1-4-2-6(9)7(10(13)14)3-5(4)8(11)12/h2-3H,1H3,(H-,11,12,13,14)/p+1. The fraction of sp³-hybridized carbons (Fsp3) is 0.125. The number of halogens is 1. The molecule has 0 radical (unpaired) electrons. The van der Waals surface area contributed by atoms with Crippen LogP contribution in [0, 0.1) is 17.6 Å². The Balaban J connectivity index is 3.42. The molecule has 0 bridgehead atoms. The van der Waals surface area contributed by atoms with E-state index in [0.717, 1.165) is 12.1 Å². The fourth-order valence-corrected chi connectivity index (χ4v) is 1.04. The fourth-order valence-electron chi connectivity index (χ4n) is 1.04. The summed E-state index contributed by atoms with van der Waals surface area (Å²) in [5.41, 5.74) is -0.759. The SMILES string of the molecule is Cc1cc(F)c([N+](=O)O)cc1C(=O)O. The molecule has 0 aliphatic carbocycles. The molecule has 0 saturated heterocycles. The summed E-state index contributed by atoms with van der Waals surface area (Å²) >= 11 is 0. The van der Waals surface area contributed by atoms with E-state index in [1.807, 2.05) is 0 Å². The van der Waals surface area contributed by atoms with Crippen LogP contribution in [0.25, 0.3) is 0 Å². The molecule has 0 aromatic heterocycles. The lowest BCUT2D eigenvalue weighted by molar-refractivity contribution is -0.730. The van der Waals surface area contributed by atoms with Crippen LogP contribution in [0.5, 0.6) is 0 Å². The molecule has 5 nitrogen and oxygen atoms in total. The predicted octanol–water partition coefficient (Wildman–Crippen LogP) is 1.63. The van der Waals surface area contributed by atoms with Crippen molar-refractivity contribution in [1.82, 2.24) is 0 Å². The van der Waals surface area contributed by atoms with Gasteiger partial charge in [-0.1, -0.05) is 0 Å². The molecular formula is C8H7FNO4+. The van der Waals surface area contributed by atoms with Crippen LogP contribution in [0.1, 0.15) is 15.9 Å². The average molecular weight is 200 g/mol. The highest BCUT2D eigenvalue weighted by Gasteiger charge is 2.23. The van der Waals surface area contributed by atoms with Crippen LogP contribution in [-0.4, -0.2) is 21.2 Å². The molecule has 1 aromatic rings. The highest BCUT2D eigenvalue weighted by atomic mass is 19.1. The summed E-state index contributed by atoms with van der Waals surface area (Å²) in [5, 5.41) is 17.1. The highest BCUT2D eigenvalue weighted by molar-refractivity contribution is 5.90. The molecule has 0 atom stereocenters. The Bertz CT molecular complexity index is 381. The van der Waals surface area contributed by atoms with Crippen LogP contribution in [0.2, 0.25) is 0 Å². The predicted molar refractivity (Wildman–Crippen MR) is 43.2 cm³/mol. The zero-order valence-electron chi connectivity index (χ0n) is 7.19. The number of carboxylic acids is 1. The number of rotatable bonds is 2. The third-order valence-corrected chi connectivity index (χ3v) is 1.73. The molecule has 0 amide bonds. The van der Waals surface area contributed by atoms with Crippen LogP contribution >= 0.6 is 0 Å². The normalized spacial score (nSPS) is 9.86. The van der Waals surface area contributed by atoms with Gasteiger partial charge in [-0.2, -0.15) is 4.39 Å². The zero-order chi connectivity index (χ0) is 10.9. The maximum Gasteiger partial charge on any atom is 0.352 e. The summed E-state index contributed by atoms with van der Waals surface area (Å²) in [7, 11) is 0. The largest absolute Gasteiger partial charge is 0.478 e. The van der Waals surface area contributed by atoms with Crippen molar-refractivity contribution in [1.29, 1.82) is 0 Å². The molecule has 6 heteroatoms. The van der Waals surface area contributed by atoms with E-state index in [0.29, 0.717) is 0 Å². The summed E-state index contributed by atoms with van der Waals surface area (Å²) in [4.78, 5) is 20.3. The molecule has 0 saturated carbocycles. The van der Waals surface area contributed by atoms with Crippen LogP contribution in [0.15, 0.2) is 12.1 Å². The molecule has 0 aliphatic heterocycles. The van der Waals surface area contributed by atoms with Crippen molar-refractivity contribution in [2.24, 2.45) is 0 Å². The summed E-state index contributed by atoms with van der Waals surface area (Å²) < 4.78 is 13.0. The second-order valence-electron chi connectivity index (χ2n) is 2.70. The second-order valence-corrected chi connectivity index (χ2v) is 2.70. The number of hydrogen-bond acceptors (Lipinski definition) is 2. The first-order chi connectivity index (χ1) is 6.43. The van der Waals surface area contributed by atoms with Crippen molar-refractivity contribution < 1.29 is 24.4 Å². The third kappa shape index (κ3) is 1.68. The lowest BCUT2D eigenvalue weighted by Crippen LogP contribution is -2.04. The van der Waals surface area contributed by atoms with Gasteiger partial charge >= 0.3 is 11.7 Å². The van der Waals surface area contributed by atoms with E-state index < -0.39 is 22.4 Å². The van der Waals surface area contributed by atoms with Crippen LogP contribution in [0.3, 0.4) is 0 Å². The Kier molecular flexibility index (Phi) is 2.46. The van der Waals surface area contributed by atoms with Crippen LogP contribution in [0.4, 0.5) is 10.1 Å². The third-order valence-electron chi connectivity index (χ3n) is 1.73. The molecule has 1 aromatic carbocycles. The Morgan fingerprint density at radius 2 is 2.07 bits per heavy atom. The van der Waals surface area contributed by atoms with Crippen molar-refractivity contribution in [2.75, 3.05) is 0 Å². The molecule has 14 heavy (non-hydrogen) atoms. The Labute approximate surface area is 77.9 Å². The van der Waals surface area contributed by atoms with E-state index in [1.165, 1.54) is 6.92 Å². The van der Waals surface area contributed by atoms with Crippen molar-refractivity contribution in [3.05, 3.63) is 34.0 Å². The van der Waals surface area contributed by atoms with Gasteiger partial charge in [0, 0.05) is 6.07 Å². The van der Waals surface area contributed by atoms with Gasteiger partial charge in [-0.25, -0.2) is 10.0 Å². The van der Waals surface area contributed by atoms with Gasteiger partial charge in [-0.3, -0.25) is 0 Å². The van der Waals surface area contributed by atoms with Crippen molar-refractivity contribution in [2.45, 2.75) is 6.92 Å². The minimum absolute atomic E-state index is 0.181. The van der Waals surface area contributed by atoms with Gasteiger partial charge in [0.1, 0.15) is 0 Å². The summed E-state index contributed by atoms with van der Waals surface area (Å²) in [6.07, 6.45) is 0. The molecule has 0 unspecified atom stereocenters. The van der Waals surface area contributed by atoms with Gasteiger partial charge in [-0.05, 0) is 18.6 Å². The number of nitrogens with zero attached hydrogens (tertiary/aromatic N) is 1. The highest BCUT2D eigenvalue weighted by Crippen LogP contribution is 2.21. The second kappa shape index (κ2) is 3.41. The molecule has 2 N–H and O–H groups in total. The molecule has 0 heterocycles. The molecule has 1 rings (SSSR count). The molecule has 0 aliphatic rings. The van der Waals surface area contributed by atoms with E-state index in [2.05, 4.69) is 0 Å². The smallest absolute Gasteiger partial charge is 0.352 e. The average Bonchev–Trinajstić information content (AvgIpc) is 2.02. The summed E-state index contributed by atoms with van der Waals surface area (Å²) in [6.45, 7) is 1.39. The number of aryl methyl sites for hydroxylation is 1. The minimum Gasteiger partial charge on any atom is -0.478 e. The van der Waals surface area contributed by atoms with Gasteiger partial charge in [0.25, 0.3) is 4.92 Å². The summed E-state index contributed by atoms with van der Waals surface area (Å²) in [5.74, 6) is -2.25. The molecular weight excluding hydrogens is 193 g/mol. The first-order valence-corrected chi connectivity index (χ1v) is 3.63. The van der Waals surface area contributed by atoms with Gasteiger partial charge in [0.2, 0.25) is 5.82 Å². The van der Waals surface area contributed by atoms with E-state index in [1.54, 1.807) is 0 Å². The first kappa shape index (κ1) is 10.1. The quantitative estimate of drug-likeness (QED) is 0.711. The van der Waals surface area contributed by atoms with Crippen molar-refractivity contribution in [3.63, 3.8) is 0 Å². The van der Waals surface area contributed by atoms with Gasteiger partial charge in [0.15, 0.2) is 0 Å². The van der Waals surface area contributed by atoms with Gasteiger partial charge in [0.05, 0.1) is 10.5 Å². The topological polar surface area (TPSA) is 77.6 Å². The number of aromatic carboxylic acids is 1. The van der Waals surface area contributed by atoms with Gasteiger partial charge < -0.3 is 5.11 Å². The van der Waals surface area contributed by atoms with Gasteiger partial charge in [-0.15, -0.1) is 0 Å². The van der Waals surface area contributed by atoms with Crippen LogP contribution < -0.4 is 0 Å². The molecule has 74 valence electrons. The lowest BCUT2D eigenvalue weighted by Gasteiger charge is -1.98. The summed E-state index contributed by atoms with van der Waals surface area (Å²) in [6, 6.07) is 1.65. The number of carboxylic acid groups (broad SMARTS) is 1. The Morgan fingerprint density at radius 1 is 1.50 bits per heavy atom. The molecule has 0 fully saturated rings. The maximum absolute atomic E-state index is 13.0. The van der Waals surface area contributed by atoms with E-state index >= 15 is 0 Å². The number of hydrogen-bond donors (Lipinski definition) is 2. The first-order valence-electron chi connectivity index (χ1n) is 3.63. The Morgan fingerprint density at radius 3 is 2.50 bits per heavy atom. The van der Waals surface area contributed by atoms with Crippen molar-refractivity contribution >= 4 is 11.7 Å². The van der Waals surface area contributed by atoms with E-state index in [4.69, 9.17) is 10.3 Å². The van der Waals surface area contributed by atoms with E-state index in [9.17, 15) is 14.1 Å². The monoisotopic (exact) mass is 200 g/mol. The van der Waals surface area contributed by atoms with Crippen molar-refractivity contribution in [3.8, 4) is 0 Å². The van der Waals surface area contributed by atoms with Crippen LogP contribution in [-0.2, 0) is 0 Å². The van der Waals surface area contributed by atoms with E-state index in [-0.39, 0.29) is 11.1 Å². The number of carbonyl (C=O) groups is 1. The maximum atomic E-state index is 13.0. The minimum atomic E-state index is -1.29. The number of benzene rings is 1. The zero-order valence-corrected chi connectivity index (χ0v) is 7.19. The Hall–Kier alpha value is -1.98.